The van der Waals surface area contributed by atoms with Crippen LogP contribution in [-0.4, -0.2) is 76.3 Å². The minimum Gasteiger partial charge on any atom is -0.391 e. The van der Waals surface area contributed by atoms with Crippen LogP contribution in [0.5, 0.6) is 0 Å². The number of aromatic amines is 1. The fourth-order valence-electron chi connectivity index (χ4n) is 3.55. The second kappa shape index (κ2) is 8.86. The third-order valence-corrected chi connectivity index (χ3v) is 5.22. The van der Waals surface area contributed by atoms with E-state index in [2.05, 4.69) is 30.8 Å². The Morgan fingerprint density at radius 1 is 1.47 bits per heavy atom. The zero-order chi connectivity index (χ0) is 21.1. The molecule has 4 rings (SSSR count). The summed E-state index contributed by atoms with van der Waals surface area (Å²) in [4.78, 5) is 21.1. The first kappa shape index (κ1) is 20.4. The minimum absolute atomic E-state index is 0.0979. The molecule has 1 aliphatic heterocycles. The van der Waals surface area contributed by atoms with Gasteiger partial charge in [0.25, 0.3) is 5.91 Å². The maximum atomic E-state index is 13.6. The molecule has 0 aromatic carbocycles. The van der Waals surface area contributed by atoms with Crippen molar-refractivity contribution in [1.82, 2.24) is 25.5 Å². The molecule has 10 nitrogen and oxygen atoms in total. The number of allylic oxidation sites excluding steroid dienone is 2. The van der Waals surface area contributed by atoms with Crippen molar-refractivity contribution in [2.75, 3.05) is 32.2 Å². The van der Waals surface area contributed by atoms with E-state index >= 15 is 0 Å². The van der Waals surface area contributed by atoms with Crippen LogP contribution in [0.2, 0.25) is 0 Å². The molecule has 1 saturated heterocycles. The molecular weight excluding hydrogens is 395 g/mol. The molecule has 2 aromatic heterocycles. The highest BCUT2D eigenvalue weighted by Gasteiger charge is 2.27. The molecule has 0 radical (unpaired) electrons. The number of fused-ring (bicyclic) bond motifs is 1. The van der Waals surface area contributed by atoms with E-state index in [4.69, 9.17) is 9.47 Å². The van der Waals surface area contributed by atoms with Gasteiger partial charge in [-0.3, -0.25) is 9.89 Å². The molecule has 4 N–H and O–H groups in total. The molecule has 2 aliphatic rings. The lowest BCUT2D eigenvalue weighted by Gasteiger charge is -2.28. The van der Waals surface area contributed by atoms with Crippen LogP contribution < -0.4 is 10.6 Å². The quantitative estimate of drug-likeness (QED) is 0.542. The Balaban J connectivity index is 1.54. The predicted octanol–water partition coefficient (Wildman–Crippen LogP) is 0.843. The molecule has 0 bridgehead atoms. The number of H-pyrrole nitrogens is 1. The first-order valence-corrected chi connectivity index (χ1v) is 9.65. The van der Waals surface area contributed by atoms with Gasteiger partial charge in [0, 0.05) is 20.3 Å². The Morgan fingerprint density at radius 2 is 2.33 bits per heavy atom. The Bertz CT molecular complexity index is 991. The summed E-state index contributed by atoms with van der Waals surface area (Å²) in [7, 11) is 1.54. The molecule has 3 atom stereocenters. The van der Waals surface area contributed by atoms with Crippen LogP contribution in [0.3, 0.4) is 0 Å². The van der Waals surface area contributed by atoms with Gasteiger partial charge >= 0.3 is 0 Å². The first-order valence-electron chi connectivity index (χ1n) is 9.65. The number of aliphatic hydroxyl groups is 1. The van der Waals surface area contributed by atoms with E-state index in [0.29, 0.717) is 48.5 Å². The molecular formula is C19H23FN6O4. The molecule has 2 aromatic rings. The number of amides is 1. The molecule has 30 heavy (non-hydrogen) atoms. The molecule has 1 fully saturated rings. The van der Waals surface area contributed by atoms with E-state index in [0.717, 1.165) is 0 Å². The first-order chi connectivity index (χ1) is 14.6. The summed E-state index contributed by atoms with van der Waals surface area (Å²) in [6, 6.07) is -0.368. The number of nitrogens with one attached hydrogen (secondary N) is 3. The van der Waals surface area contributed by atoms with E-state index in [-0.39, 0.29) is 30.2 Å². The van der Waals surface area contributed by atoms with Crippen molar-refractivity contribution in [1.29, 1.82) is 0 Å². The maximum absolute atomic E-state index is 13.6. The molecule has 1 unspecified atom stereocenters. The highest BCUT2D eigenvalue weighted by atomic mass is 19.1. The van der Waals surface area contributed by atoms with E-state index < -0.39 is 12.0 Å². The summed E-state index contributed by atoms with van der Waals surface area (Å²) in [5.41, 5.74) is 1.10. The van der Waals surface area contributed by atoms with Crippen molar-refractivity contribution in [2.45, 2.75) is 31.1 Å². The summed E-state index contributed by atoms with van der Waals surface area (Å²) in [6.07, 6.45) is 4.16. The maximum Gasteiger partial charge on any atom is 0.272 e. The van der Waals surface area contributed by atoms with Gasteiger partial charge in [0.1, 0.15) is 18.0 Å². The van der Waals surface area contributed by atoms with Gasteiger partial charge in [-0.15, -0.1) is 0 Å². The van der Waals surface area contributed by atoms with Crippen LogP contribution >= 0.6 is 0 Å². The van der Waals surface area contributed by atoms with Crippen LogP contribution in [0.4, 0.5) is 10.2 Å². The standard InChI is InChI=1S/C19H23FN6O4/c1-29-14-3-2-11(20)6-10(14)7-21-19(28)16-15-17(22-9-23-18(15)26-25-16)24-12-8-30-5-4-13(12)27/h2,6,9,12-14,27H,3-5,7-8H2,1H3,(H,21,28)(H2,22,23,24,25,26)/t12-,13-,14?/m1/s1. The van der Waals surface area contributed by atoms with Gasteiger partial charge in [0.05, 0.1) is 30.2 Å². The van der Waals surface area contributed by atoms with Crippen molar-refractivity contribution in [3.05, 3.63) is 35.6 Å². The van der Waals surface area contributed by atoms with E-state index in [9.17, 15) is 14.3 Å². The van der Waals surface area contributed by atoms with Gasteiger partial charge in [-0.2, -0.15) is 5.10 Å². The summed E-state index contributed by atoms with van der Waals surface area (Å²) in [5, 5.41) is 23.3. The Kier molecular flexibility index (Phi) is 6.02. The lowest BCUT2D eigenvalue weighted by molar-refractivity contribution is 0.00308. The van der Waals surface area contributed by atoms with Crippen molar-refractivity contribution in [3.8, 4) is 0 Å². The number of nitrogens with zero attached hydrogens (tertiary/aromatic N) is 3. The van der Waals surface area contributed by atoms with Crippen molar-refractivity contribution in [3.63, 3.8) is 0 Å². The number of aliphatic hydroxyl groups excluding tert-OH is 1. The number of ether oxygens (including phenoxy) is 2. The third kappa shape index (κ3) is 4.18. The molecule has 0 spiro atoms. The van der Waals surface area contributed by atoms with Crippen LogP contribution in [0.1, 0.15) is 23.3 Å². The molecule has 0 saturated carbocycles. The molecule has 1 aliphatic carbocycles. The normalized spacial score (nSPS) is 24.3. The second-order valence-electron chi connectivity index (χ2n) is 7.15. The van der Waals surface area contributed by atoms with E-state index in [1.54, 1.807) is 0 Å². The predicted molar refractivity (Wildman–Crippen MR) is 106 cm³/mol. The van der Waals surface area contributed by atoms with Crippen molar-refractivity contribution >= 4 is 22.8 Å². The Hall–Kier alpha value is -2.89. The van der Waals surface area contributed by atoms with Gasteiger partial charge in [0.15, 0.2) is 11.3 Å². The van der Waals surface area contributed by atoms with E-state index in [1.165, 1.54) is 25.6 Å². The number of rotatable bonds is 6. The van der Waals surface area contributed by atoms with Crippen LogP contribution in [0, 0.1) is 0 Å². The molecule has 160 valence electrons. The molecule has 3 heterocycles. The van der Waals surface area contributed by atoms with Crippen molar-refractivity contribution < 1.29 is 23.8 Å². The monoisotopic (exact) mass is 418 g/mol. The summed E-state index contributed by atoms with van der Waals surface area (Å²) in [5.74, 6) is -0.453. The highest BCUT2D eigenvalue weighted by molar-refractivity contribution is 6.07. The molecule has 1 amide bonds. The highest BCUT2D eigenvalue weighted by Crippen LogP contribution is 2.24. The van der Waals surface area contributed by atoms with Gasteiger partial charge in [0.2, 0.25) is 0 Å². The number of hydrogen-bond acceptors (Lipinski definition) is 8. The zero-order valence-corrected chi connectivity index (χ0v) is 16.4. The van der Waals surface area contributed by atoms with E-state index in [1.807, 2.05) is 0 Å². The third-order valence-electron chi connectivity index (χ3n) is 5.22. The number of carbonyl (C=O) groups is 1. The smallest absolute Gasteiger partial charge is 0.272 e. The van der Waals surface area contributed by atoms with Crippen LogP contribution in [0.25, 0.3) is 11.0 Å². The average molecular weight is 418 g/mol. The zero-order valence-electron chi connectivity index (χ0n) is 16.4. The van der Waals surface area contributed by atoms with Crippen LogP contribution in [0.15, 0.2) is 29.9 Å². The number of aromatic nitrogens is 4. The van der Waals surface area contributed by atoms with Gasteiger partial charge in [-0.25, -0.2) is 14.4 Å². The SMILES string of the molecule is COC1CC=C(F)C=C1CNC(=O)c1n[nH]c2ncnc(N[C@@H]3COCC[C@H]3O)c12. The summed E-state index contributed by atoms with van der Waals surface area (Å²) in [6.45, 7) is 0.919. The fraction of sp³-hybridized carbons (Fsp3) is 0.474. The van der Waals surface area contributed by atoms with Gasteiger partial charge in [-0.1, -0.05) is 0 Å². The lowest BCUT2D eigenvalue weighted by atomic mass is 10.0. The second-order valence-corrected chi connectivity index (χ2v) is 7.15. The van der Waals surface area contributed by atoms with Crippen LogP contribution in [-0.2, 0) is 9.47 Å². The van der Waals surface area contributed by atoms with Gasteiger partial charge < -0.3 is 25.2 Å². The largest absolute Gasteiger partial charge is 0.391 e. The topological polar surface area (TPSA) is 134 Å². The Labute approximate surface area is 171 Å². The molecule has 11 heteroatoms. The summed E-state index contributed by atoms with van der Waals surface area (Å²) >= 11 is 0. The number of methoxy groups -OCH3 is 1. The lowest BCUT2D eigenvalue weighted by Crippen LogP contribution is -2.42. The minimum atomic E-state index is -0.597. The number of anilines is 1. The summed E-state index contributed by atoms with van der Waals surface area (Å²) < 4.78 is 24.4. The Morgan fingerprint density at radius 3 is 3.13 bits per heavy atom. The number of carbonyl (C=O) groups excluding carboxylic acids is 1. The fourth-order valence-corrected chi connectivity index (χ4v) is 3.55. The average Bonchev–Trinajstić information content (AvgIpc) is 3.19. The number of halogens is 1. The number of hydrogen-bond donors (Lipinski definition) is 4. The van der Waals surface area contributed by atoms with Crippen molar-refractivity contribution in [2.24, 2.45) is 0 Å². The van der Waals surface area contributed by atoms with Gasteiger partial charge in [-0.05, 0) is 30.6 Å².